The molecule has 8 heteroatoms. The molecule has 0 spiro atoms. The SMILES string of the molecule is CCc1cccc(CC)c1NC(=O)C1CCN(S(=O)(=O)c2c(Cl)cccc2Cl)CC1. The fraction of sp³-hybridized carbons (Fsp3) is 0.409. The topological polar surface area (TPSA) is 66.5 Å². The van der Waals surface area contributed by atoms with Crippen molar-refractivity contribution in [3.05, 3.63) is 57.6 Å². The lowest BCUT2D eigenvalue weighted by molar-refractivity contribution is -0.120. The third kappa shape index (κ3) is 4.67. The Bertz CT molecular complexity index is 990. The summed E-state index contributed by atoms with van der Waals surface area (Å²) in [6.07, 6.45) is 2.56. The second-order valence-corrected chi connectivity index (χ2v) is 10.1. The van der Waals surface area contributed by atoms with Crippen LogP contribution in [-0.2, 0) is 27.7 Å². The second-order valence-electron chi connectivity index (χ2n) is 7.38. The number of hydrogen-bond donors (Lipinski definition) is 1. The molecule has 2 aromatic rings. The minimum atomic E-state index is -3.81. The summed E-state index contributed by atoms with van der Waals surface area (Å²) in [5.41, 5.74) is 3.11. The molecule has 0 aliphatic carbocycles. The van der Waals surface area contributed by atoms with Gasteiger partial charge in [-0.2, -0.15) is 4.31 Å². The first-order valence-corrected chi connectivity index (χ1v) is 12.3. The minimum Gasteiger partial charge on any atom is -0.325 e. The Morgan fingerprint density at radius 3 is 2.00 bits per heavy atom. The number of amides is 1. The highest BCUT2D eigenvalue weighted by Gasteiger charge is 2.34. The van der Waals surface area contributed by atoms with Gasteiger partial charge in [0.15, 0.2) is 0 Å². The zero-order valence-corrected chi connectivity index (χ0v) is 19.4. The van der Waals surface area contributed by atoms with Gasteiger partial charge in [0.25, 0.3) is 0 Å². The molecule has 0 atom stereocenters. The van der Waals surface area contributed by atoms with Gasteiger partial charge in [0.1, 0.15) is 4.90 Å². The van der Waals surface area contributed by atoms with E-state index in [-0.39, 0.29) is 39.9 Å². The summed E-state index contributed by atoms with van der Waals surface area (Å²) in [6, 6.07) is 10.7. The van der Waals surface area contributed by atoms with E-state index in [1.807, 2.05) is 18.2 Å². The van der Waals surface area contributed by atoms with Crippen LogP contribution in [0.5, 0.6) is 0 Å². The highest BCUT2D eigenvalue weighted by atomic mass is 35.5. The maximum atomic E-state index is 13.0. The number of piperidine rings is 1. The number of rotatable bonds is 6. The van der Waals surface area contributed by atoms with E-state index in [1.54, 1.807) is 6.07 Å². The number of nitrogens with one attached hydrogen (secondary N) is 1. The molecular formula is C22H26Cl2N2O3S. The normalized spacial score (nSPS) is 15.9. The van der Waals surface area contributed by atoms with Gasteiger partial charge in [0, 0.05) is 24.7 Å². The van der Waals surface area contributed by atoms with Crippen LogP contribution >= 0.6 is 23.2 Å². The van der Waals surface area contributed by atoms with Crippen LogP contribution in [0, 0.1) is 5.92 Å². The van der Waals surface area contributed by atoms with Crippen molar-refractivity contribution in [2.45, 2.75) is 44.4 Å². The smallest absolute Gasteiger partial charge is 0.246 e. The fourth-order valence-electron chi connectivity index (χ4n) is 3.84. The first-order valence-electron chi connectivity index (χ1n) is 10.1. The van der Waals surface area contributed by atoms with E-state index in [0.29, 0.717) is 12.8 Å². The van der Waals surface area contributed by atoms with Crippen LogP contribution < -0.4 is 5.32 Å². The van der Waals surface area contributed by atoms with Crippen LogP contribution in [-0.4, -0.2) is 31.7 Å². The molecule has 2 aromatic carbocycles. The van der Waals surface area contributed by atoms with E-state index >= 15 is 0 Å². The predicted octanol–water partition coefficient (Wildman–Crippen LogP) is 5.16. The molecule has 1 saturated heterocycles. The zero-order chi connectivity index (χ0) is 21.9. The molecule has 0 radical (unpaired) electrons. The van der Waals surface area contributed by atoms with Crippen molar-refractivity contribution in [3.8, 4) is 0 Å². The molecule has 1 aliphatic rings. The number of para-hydroxylation sites is 1. The number of carbonyl (C=O) groups is 1. The molecular weight excluding hydrogens is 443 g/mol. The molecule has 1 fully saturated rings. The Balaban J connectivity index is 1.71. The van der Waals surface area contributed by atoms with Crippen LogP contribution in [0.1, 0.15) is 37.8 Å². The molecule has 0 unspecified atom stereocenters. The van der Waals surface area contributed by atoms with Gasteiger partial charge in [-0.15, -0.1) is 0 Å². The second kappa shape index (κ2) is 9.69. The standard InChI is InChI=1S/C22H26Cl2N2O3S/c1-3-15-7-5-8-16(4-2)20(15)25-22(27)17-11-13-26(14-12-17)30(28,29)21-18(23)9-6-10-19(21)24/h5-10,17H,3-4,11-14H2,1-2H3,(H,25,27). The number of aryl methyl sites for hydroxylation is 2. The van der Waals surface area contributed by atoms with Crippen molar-refractivity contribution in [3.63, 3.8) is 0 Å². The van der Waals surface area contributed by atoms with Gasteiger partial charge in [0.2, 0.25) is 15.9 Å². The summed E-state index contributed by atoms with van der Waals surface area (Å²) in [5.74, 6) is -0.300. The maximum Gasteiger partial charge on any atom is 0.246 e. The van der Waals surface area contributed by atoms with Crippen molar-refractivity contribution in [2.75, 3.05) is 18.4 Å². The van der Waals surface area contributed by atoms with E-state index in [4.69, 9.17) is 23.2 Å². The third-order valence-corrected chi connectivity index (χ3v) is 8.44. The third-order valence-electron chi connectivity index (χ3n) is 5.59. The van der Waals surface area contributed by atoms with Crippen molar-refractivity contribution in [1.29, 1.82) is 0 Å². The molecule has 1 aliphatic heterocycles. The number of sulfonamides is 1. The number of benzene rings is 2. The highest BCUT2D eigenvalue weighted by Crippen LogP contribution is 2.34. The Morgan fingerprint density at radius 1 is 1.00 bits per heavy atom. The molecule has 0 aromatic heterocycles. The zero-order valence-electron chi connectivity index (χ0n) is 17.1. The Hall–Kier alpha value is -1.60. The summed E-state index contributed by atoms with van der Waals surface area (Å²) in [5, 5.41) is 3.31. The van der Waals surface area contributed by atoms with E-state index in [0.717, 1.165) is 29.7 Å². The molecule has 1 N–H and O–H groups in total. The molecule has 162 valence electrons. The minimum absolute atomic E-state index is 0.0570. The monoisotopic (exact) mass is 468 g/mol. The lowest BCUT2D eigenvalue weighted by Gasteiger charge is -2.31. The first kappa shape index (κ1) is 23.1. The quantitative estimate of drug-likeness (QED) is 0.636. The van der Waals surface area contributed by atoms with Gasteiger partial charge >= 0.3 is 0 Å². The van der Waals surface area contributed by atoms with Gasteiger partial charge in [-0.1, -0.05) is 61.3 Å². The molecule has 30 heavy (non-hydrogen) atoms. The van der Waals surface area contributed by atoms with Crippen molar-refractivity contribution < 1.29 is 13.2 Å². The molecule has 0 bridgehead atoms. The van der Waals surface area contributed by atoms with E-state index in [9.17, 15) is 13.2 Å². The van der Waals surface area contributed by atoms with E-state index in [2.05, 4.69) is 19.2 Å². The maximum absolute atomic E-state index is 13.0. The van der Waals surface area contributed by atoms with Crippen LogP contribution in [0.25, 0.3) is 0 Å². The molecule has 3 rings (SSSR count). The van der Waals surface area contributed by atoms with Gasteiger partial charge in [0.05, 0.1) is 10.0 Å². The number of carbonyl (C=O) groups excluding carboxylic acids is 1. The summed E-state index contributed by atoms with van der Waals surface area (Å²) < 4.78 is 27.4. The number of anilines is 1. The van der Waals surface area contributed by atoms with Crippen LogP contribution in [0.3, 0.4) is 0 Å². The molecule has 5 nitrogen and oxygen atoms in total. The van der Waals surface area contributed by atoms with Gasteiger partial charge < -0.3 is 5.32 Å². The first-order chi connectivity index (χ1) is 14.3. The number of hydrogen-bond acceptors (Lipinski definition) is 3. The van der Waals surface area contributed by atoms with Crippen LogP contribution in [0.4, 0.5) is 5.69 Å². The predicted molar refractivity (Wildman–Crippen MR) is 122 cm³/mol. The largest absolute Gasteiger partial charge is 0.325 e. The van der Waals surface area contributed by atoms with Crippen molar-refractivity contribution in [2.24, 2.45) is 5.92 Å². The Kier molecular flexibility index (Phi) is 7.45. The number of nitrogens with zero attached hydrogens (tertiary/aromatic N) is 1. The van der Waals surface area contributed by atoms with Gasteiger partial charge in [-0.3, -0.25) is 4.79 Å². The lowest BCUT2D eigenvalue weighted by atomic mass is 9.96. The highest BCUT2D eigenvalue weighted by molar-refractivity contribution is 7.89. The van der Waals surface area contributed by atoms with Crippen LogP contribution in [0.2, 0.25) is 10.0 Å². The van der Waals surface area contributed by atoms with Gasteiger partial charge in [-0.25, -0.2) is 8.42 Å². The molecule has 0 saturated carbocycles. The molecule has 1 amide bonds. The molecule has 1 heterocycles. The Labute approximate surface area is 188 Å². The van der Waals surface area contributed by atoms with Crippen LogP contribution in [0.15, 0.2) is 41.3 Å². The van der Waals surface area contributed by atoms with Crippen molar-refractivity contribution >= 4 is 44.8 Å². The fourth-order valence-corrected chi connectivity index (χ4v) is 6.41. The Morgan fingerprint density at radius 2 is 1.50 bits per heavy atom. The van der Waals surface area contributed by atoms with Crippen molar-refractivity contribution in [1.82, 2.24) is 4.31 Å². The average Bonchev–Trinajstić information content (AvgIpc) is 2.73. The lowest BCUT2D eigenvalue weighted by Crippen LogP contribution is -2.41. The van der Waals surface area contributed by atoms with E-state index < -0.39 is 10.0 Å². The average molecular weight is 469 g/mol. The summed E-state index contributed by atoms with van der Waals surface area (Å²) in [6.45, 7) is 4.62. The van der Waals surface area contributed by atoms with Gasteiger partial charge in [-0.05, 0) is 48.9 Å². The van der Waals surface area contributed by atoms with E-state index in [1.165, 1.54) is 16.4 Å². The summed E-state index contributed by atoms with van der Waals surface area (Å²) in [7, 11) is -3.81. The summed E-state index contributed by atoms with van der Waals surface area (Å²) in [4.78, 5) is 12.8. The number of halogens is 2. The summed E-state index contributed by atoms with van der Waals surface area (Å²) >= 11 is 12.2.